The van der Waals surface area contributed by atoms with Gasteiger partial charge in [0.05, 0.1) is 11.5 Å². The standard InChI is InChI=1S/C18H27N3O5S/c1-14-5-7-16(8-6-14)27(25,26)21-12-3-2-4-15(21)9-10-19-17(23)18(24)20-11-13-22/h5-8,15,22H,2-4,9-13H2,1H3,(H,19,23)(H,20,24)/t15-/m0/s1. The van der Waals surface area contributed by atoms with Crippen LogP contribution in [0.3, 0.4) is 0 Å². The SMILES string of the molecule is Cc1ccc(S(=O)(=O)N2CCCC[C@H]2CCNC(=O)C(=O)NCCO)cc1. The van der Waals surface area contributed by atoms with Gasteiger partial charge in [-0.3, -0.25) is 9.59 Å². The van der Waals surface area contributed by atoms with E-state index in [1.54, 1.807) is 24.3 Å². The van der Waals surface area contributed by atoms with Crippen molar-refractivity contribution in [1.82, 2.24) is 14.9 Å². The van der Waals surface area contributed by atoms with Crippen LogP contribution in [0.25, 0.3) is 0 Å². The van der Waals surface area contributed by atoms with Crippen molar-refractivity contribution in [1.29, 1.82) is 0 Å². The number of aliphatic hydroxyl groups excluding tert-OH is 1. The van der Waals surface area contributed by atoms with Gasteiger partial charge < -0.3 is 15.7 Å². The molecule has 2 rings (SSSR count). The van der Waals surface area contributed by atoms with E-state index in [4.69, 9.17) is 5.11 Å². The average Bonchev–Trinajstić information content (AvgIpc) is 2.66. The van der Waals surface area contributed by atoms with Crippen LogP contribution in [0.4, 0.5) is 0 Å². The molecule has 0 radical (unpaired) electrons. The fourth-order valence-electron chi connectivity index (χ4n) is 3.11. The molecule has 0 bridgehead atoms. The van der Waals surface area contributed by atoms with Gasteiger partial charge in [-0.15, -0.1) is 0 Å². The molecule has 9 heteroatoms. The molecular formula is C18H27N3O5S. The van der Waals surface area contributed by atoms with E-state index in [1.807, 2.05) is 6.92 Å². The molecule has 0 aromatic heterocycles. The van der Waals surface area contributed by atoms with Crippen LogP contribution < -0.4 is 10.6 Å². The summed E-state index contributed by atoms with van der Waals surface area (Å²) < 4.78 is 27.5. The summed E-state index contributed by atoms with van der Waals surface area (Å²) in [6.07, 6.45) is 2.88. The Bertz CT molecular complexity index is 749. The van der Waals surface area contributed by atoms with Crippen LogP contribution in [0.15, 0.2) is 29.2 Å². The number of piperidine rings is 1. The summed E-state index contributed by atoms with van der Waals surface area (Å²) in [5.74, 6) is -1.59. The normalized spacial score (nSPS) is 18.1. The summed E-state index contributed by atoms with van der Waals surface area (Å²) in [6, 6.07) is 6.56. The molecule has 0 spiro atoms. The summed E-state index contributed by atoms with van der Waals surface area (Å²) in [4.78, 5) is 23.4. The lowest BCUT2D eigenvalue weighted by Gasteiger charge is -2.34. The Morgan fingerprint density at radius 3 is 2.37 bits per heavy atom. The topological polar surface area (TPSA) is 116 Å². The molecule has 1 aliphatic rings. The number of amides is 2. The molecule has 0 saturated carbocycles. The second-order valence-electron chi connectivity index (χ2n) is 6.60. The molecule has 1 aromatic carbocycles. The first kappa shape index (κ1) is 21.3. The third-order valence-electron chi connectivity index (χ3n) is 4.57. The lowest BCUT2D eigenvalue weighted by atomic mass is 10.0. The zero-order valence-corrected chi connectivity index (χ0v) is 16.3. The summed E-state index contributed by atoms with van der Waals surface area (Å²) >= 11 is 0. The van der Waals surface area contributed by atoms with Gasteiger partial charge in [0, 0.05) is 25.7 Å². The van der Waals surface area contributed by atoms with Gasteiger partial charge >= 0.3 is 11.8 Å². The molecule has 1 saturated heterocycles. The maximum atomic E-state index is 13.0. The van der Waals surface area contributed by atoms with E-state index in [0.29, 0.717) is 13.0 Å². The molecular weight excluding hydrogens is 370 g/mol. The Morgan fingerprint density at radius 2 is 1.74 bits per heavy atom. The van der Waals surface area contributed by atoms with Crippen molar-refractivity contribution in [2.45, 2.75) is 43.5 Å². The molecule has 1 aromatic rings. The molecule has 1 fully saturated rings. The molecule has 27 heavy (non-hydrogen) atoms. The highest BCUT2D eigenvalue weighted by atomic mass is 32.2. The molecule has 1 atom stereocenters. The molecule has 1 aliphatic heterocycles. The summed E-state index contributed by atoms with van der Waals surface area (Å²) in [7, 11) is -3.59. The number of rotatable bonds is 7. The fraction of sp³-hybridized carbons (Fsp3) is 0.556. The monoisotopic (exact) mass is 397 g/mol. The molecule has 8 nitrogen and oxygen atoms in total. The van der Waals surface area contributed by atoms with E-state index in [2.05, 4.69) is 10.6 Å². The van der Waals surface area contributed by atoms with Crippen LogP contribution in [-0.4, -0.2) is 61.9 Å². The third-order valence-corrected chi connectivity index (χ3v) is 6.53. The highest BCUT2D eigenvalue weighted by molar-refractivity contribution is 7.89. The number of hydrogen-bond acceptors (Lipinski definition) is 5. The van der Waals surface area contributed by atoms with Crippen molar-refractivity contribution in [3.63, 3.8) is 0 Å². The number of sulfonamides is 1. The van der Waals surface area contributed by atoms with Crippen LogP contribution in [-0.2, 0) is 19.6 Å². The fourth-order valence-corrected chi connectivity index (χ4v) is 4.83. The largest absolute Gasteiger partial charge is 0.395 e. The van der Waals surface area contributed by atoms with Crippen LogP contribution >= 0.6 is 0 Å². The van der Waals surface area contributed by atoms with Crippen molar-refractivity contribution < 1.29 is 23.1 Å². The second kappa shape index (κ2) is 9.82. The smallest absolute Gasteiger partial charge is 0.309 e. The Kier molecular flexibility index (Phi) is 7.76. The van der Waals surface area contributed by atoms with Gasteiger partial charge in [-0.2, -0.15) is 4.31 Å². The zero-order valence-electron chi connectivity index (χ0n) is 15.5. The van der Waals surface area contributed by atoms with E-state index in [9.17, 15) is 18.0 Å². The second-order valence-corrected chi connectivity index (χ2v) is 8.49. The number of hydrogen-bond donors (Lipinski definition) is 3. The molecule has 3 N–H and O–H groups in total. The predicted molar refractivity (Wildman–Crippen MR) is 100 cm³/mol. The maximum Gasteiger partial charge on any atom is 0.309 e. The van der Waals surface area contributed by atoms with Crippen LogP contribution in [0.2, 0.25) is 0 Å². The van der Waals surface area contributed by atoms with E-state index in [-0.39, 0.29) is 30.6 Å². The Hall–Kier alpha value is -1.97. The van der Waals surface area contributed by atoms with Crippen molar-refractivity contribution in [3.8, 4) is 0 Å². The maximum absolute atomic E-state index is 13.0. The van der Waals surface area contributed by atoms with Gasteiger partial charge in [-0.1, -0.05) is 24.1 Å². The molecule has 150 valence electrons. The van der Waals surface area contributed by atoms with Crippen molar-refractivity contribution in [3.05, 3.63) is 29.8 Å². The van der Waals surface area contributed by atoms with Crippen molar-refractivity contribution in [2.75, 3.05) is 26.2 Å². The van der Waals surface area contributed by atoms with Crippen LogP contribution in [0.1, 0.15) is 31.2 Å². The van der Waals surface area contributed by atoms with Gasteiger partial charge in [0.25, 0.3) is 0 Å². The third kappa shape index (κ3) is 5.75. The van der Waals surface area contributed by atoms with E-state index < -0.39 is 21.8 Å². The zero-order chi connectivity index (χ0) is 19.9. The van der Waals surface area contributed by atoms with Gasteiger partial charge in [-0.05, 0) is 38.3 Å². The van der Waals surface area contributed by atoms with Crippen LogP contribution in [0, 0.1) is 6.92 Å². The molecule has 2 amide bonds. The van der Waals surface area contributed by atoms with Gasteiger partial charge in [0.1, 0.15) is 0 Å². The lowest BCUT2D eigenvalue weighted by Crippen LogP contribution is -2.46. The summed E-state index contributed by atoms with van der Waals surface area (Å²) in [5.41, 5.74) is 0.992. The van der Waals surface area contributed by atoms with Crippen molar-refractivity contribution in [2.24, 2.45) is 0 Å². The predicted octanol–water partition coefficient (Wildman–Crippen LogP) is 0.153. The van der Waals surface area contributed by atoms with E-state index in [1.165, 1.54) is 4.31 Å². The minimum absolute atomic E-state index is 0.0114. The average molecular weight is 397 g/mol. The number of carbonyl (C=O) groups is 2. The Balaban J connectivity index is 1.97. The number of nitrogens with one attached hydrogen (secondary N) is 2. The summed E-state index contributed by atoms with van der Waals surface area (Å²) in [6.45, 7) is 2.33. The number of aliphatic hydroxyl groups is 1. The first-order valence-electron chi connectivity index (χ1n) is 9.11. The number of aryl methyl sites for hydroxylation is 1. The van der Waals surface area contributed by atoms with E-state index in [0.717, 1.165) is 24.8 Å². The van der Waals surface area contributed by atoms with Gasteiger partial charge in [0.2, 0.25) is 10.0 Å². The summed E-state index contributed by atoms with van der Waals surface area (Å²) in [5, 5.41) is 13.4. The van der Waals surface area contributed by atoms with Gasteiger partial charge in [0.15, 0.2) is 0 Å². The Labute approximate surface area is 160 Å². The Morgan fingerprint density at radius 1 is 1.11 bits per heavy atom. The lowest BCUT2D eigenvalue weighted by molar-refractivity contribution is -0.139. The van der Waals surface area contributed by atoms with Crippen molar-refractivity contribution >= 4 is 21.8 Å². The minimum atomic E-state index is -3.59. The highest BCUT2D eigenvalue weighted by Crippen LogP contribution is 2.27. The molecule has 1 heterocycles. The quantitative estimate of drug-likeness (QED) is 0.567. The number of carbonyl (C=O) groups excluding carboxylic acids is 2. The minimum Gasteiger partial charge on any atom is -0.395 e. The van der Waals surface area contributed by atoms with Gasteiger partial charge in [-0.25, -0.2) is 8.42 Å². The van der Waals surface area contributed by atoms with Crippen LogP contribution in [0.5, 0.6) is 0 Å². The molecule has 0 aliphatic carbocycles. The molecule has 0 unspecified atom stereocenters. The first-order valence-corrected chi connectivity index (χ1v) is 10.6. The highest BCUT2D eigenvalue weighted by Gasteiger charge is 2.33. The number of nitrogens with zero attached hydrogens (tertiary/aromatic N) is 1. The first-order chi connectivity index (χ1) is 12.9. The number of benzene rings is 1. The van der Waals surface area contributed by atoms with E-state index >= 15 is 0 Å².